The molecule has 5 heteroatoms. The highest BCUT2D eigenvalue weighted by molar-refractivity contribution is 7.89. The van der Waals surface area contributed by atoms with Gasteiger partial charge in [-0.3, -0.25) is 0 Å². The van der Waals surface area contributed by atoms with Crippen LogP contribution in [0.25, 0.3) is 0 Å². The van der Waals surface area contributed by atoms with Crippen molar-refractivity contribution in [1.82, 2.24) is 4.31 Å². The van der Waals surface area contributed by atoms with Gasteiger partial charge in [-0.2, -0.15) is 9.57 Å². The summed E-state index contributed by atoms with van der Waals surface area (Å²) in [5.41, 5.74) is 0.921. The van der Waals surface area contributed by atoms with Crippen LogP contribution in [0.2, 0.25) is 0 Å². The molecule has 0 radical (unpaired) electrons. The van der Waals surface area contributed by atoms with Crippen molar-refractivity contribution in [1.29, 1.82) is 5.26 Å². The van der Waals surface area contributed by atoms with Crippen molar-refractivity contribution in [2.75, 3.05) is 6.54 Å². The van der Waals surface area contributed by atoms with E-state index >= 15 is 0 Å². The molecular formula is C18H24N2O2S. The molecule has 0 bridgehead atoms. The number of benzene rings is 1. The fourth-order valence-electron chi connectivity index (χ4n) is 3.51. The third kappa shape index (κ3) is 3.06. The van der Waals surface area contributed by atoms with Crippen LogP contribution < -0.4 is 0 Å². The molecule has 1 heterocycles. The summed E-state index contributed by atoms with van der Waals surface area (Å²) < 4.78 is 27.7. The molecule has 0 saturated carbocycles. The minimum absolute atomic E-state index is 0.206. The largest absolute Gasteiger partial charge is 0.243 e. The summed E-state index contributed by atoms with van der Waals surface area (Å²) >= 11 is 0. The van der Waals surface area contributed by atoms with Crippen LogP contribution in [-0.4, -0.2) is 24.8 Å². The molecule has 0 N–H and O–H groups in total. The second-order valence-corrected chi connectivity index (χ2v) is 8.86. The lowest BCUT2D eigenvalue weighted by Crippen LogP contribution is -2.49. The fourth-order valence-corrected chi connectivity index (χ4v) is 5.31. The van der Waals surface area contributed by atoms with Gasteiger partial charge in [0.1, 0.15) is 0 Å². The Morgan fingerprint density at radius 1 is 1.39 bits per heavy atom. The first-order chi connectivity index (χ1) is 10.6. The van der Waals surface area contributed by atoms with Crippen molar-refractivity contribution in [3.8, 4) is 6.07 Å². The summed E-state index contributed by atoms with van der Waals surface area (Å²) in [7, 11) is -3.66. The first-order valence-electron chi connectivity index (χ1n) is 7.79. The fraction of sp³-hybridized carbons (Fsp3) is 0.500. The Hall–Kier alpha value is -1.64. The van der Waals surface area contributed by atoms with Gasteiger partial charge in [0.2, 0.25) is 10.0 Å². The lowest BCUT2D eigenvalue weighted by Gasteiger charge is -2.37. The second kappa shape index (κ2) is 6.10. The van der Waals surface area contributed by atoms with Gasteiger partial charge in [-0.25, -0.2) is 8.42 Å². The molecule has 0 spiro atoms. The number of sulfonamides is 1. The highest BCUT2D eigenvalue weighted by Gasteiger charge is 2.52. The summed E-state index contributed by atoms with van der Waals surface area (Å²) in [5.74, 6) is -0.206. The zero-order valence-electron chi connectivity index (χ0n) is 14.2. The molecule has 1 aromatic carbocycles. The minimum Gasteiger partial charge on any atom is -0.207 e. The molecule has 1 fully saturated rings. The van der Waals surface area contributed by atoms with E-state index in [-0.39, 0.29) is 17.4 Å². The molecule has 0 unspecified atom stereocenters. The van der Waals surface area contributed by atoms with Crippen molar-refractivity contribution in [2.45, 2.75) is 44.6 Å². The van der Waals surface area contributed by atoms with Gasteiger partial charge in [-0.05, 0) is 43.9 Å². The van der Waals surface area contributed by atoms with Gasteiger partial charge in [0, 0.05) is 6.54 Å². The van der Waals surface area contributed by atoms with Crippen LogP contribution in [0, 0.1) is 30.1 Å². The van der Waals surface area contributed by atoms with Gasteiger partial charge in [0.05, 0.1) is 22.4 Å². The minimum atomic E-state index is -3.66. The topological polar surface area (TPSA) is 61.2 Å². The predicted molar refractivity (Wildman–Crippen MR) is 91.2 cm³/mol. The average Bonchev–Trinajstić information content (AvgIpc) is 2.69. The maximum atomic E-state index is 13.1. The number of nitriles is 1. The van der Waals surface area contributed by atoms with Crippen LogP contribution in [0.1, 0.15) is 32.8 Å². The molecule has 1 aromatic rings. The van der Waals surface area contributed by atoms with Crippen LogP contribution in [0.15, 0.2) is 41.3 Å². The monoisotopic (exact) mass is 332 g/mol. The molecular weight excluding hydrogens is 308 g/mol. The maximum Gasteiger partial charge on any atom is 0.243 e. The molecule has 4 nitrogen and oxygen atoms in total. The number of hydrogen-bond donors (Lipinski definition) is 0. The summed E-state index contributed by atoms with van der Waals surface area (Å²) in [6.07, 6.45) is 0.620. The third-order valence-corrected chi connectivity index (χ3v) is 6.50. The van der Waals surface area contributed by atoms with E-state index in [9.17, 15) is 13.7 Å². The van der Waals surface area contributed by atoms with Gasteiger partial charge in [-0.15, -0.1) is 0 Å². The predicted octanol–water partition coefficient (Wildman–Crippen LogP) is 3.50. The van der Waals surface area contributed by atoms with Crippen molar-refractivity contribution >= 4 is 10.0 Å². The lowest BCUT2D eigenvalue weighted by atomic mass is 9.80. The molecule has 1 saturated heterocycles. The van der Waals surface area contributed by atoms with E-state index in [1.54, 1.807) is 24.3 Å². The Labute approximate surface area is 139 Å². The van der Waals surface area contributed by atoms with Gasteiger partial charge in [0.15, 0.2) is 0 Å². The zero-order chi connectivity index (χ0) is 17.4. The van der Waals surface area contributed by atoms with E-state index in [0.717, 1.165) is 5.56 Å². The summed E-state index contributed by atoms with van der Waals surface area (Å²) in [4.78, 5) is 0.268. The highest BCUT2D eigenvalue weighted by atomic mass is 32.2. The molecule has 2 rings (SSSR count). The van der Waals surface area contributed by atoms with E-state index < -0.39 is 21.5 Å². The SMILES string of the molecule is C=C1CN(S(=O)(=O)c2ccc(C)cc2)[C@](C)(CC(C)C)[C@@H]1C#N. The number of hydrogen-bond acceptors (Lipinski definition) is 3. The van der Waals surface area contributed by atoms with Gasteiger partial charge in [0.25, 0.3) is 0 Å². The van der Waals surface area contributed by atoms with Crippen molar-refractivity contribution < 1.29 is 8.42 Å². The molecule has 1 aliphatic heterocycles. The third-order valence-electron chi connectivity index (χ3n) is 4.51. The Morgan fingerprint density at radius 2 is 1.96 bits per heavy atom. The van der Waals surface area contributed by atoms with Crippen LogP contribution in [0.4, 0.5) is 0 Å². The van der Waals surface area contributed by atoms with E-state index in [0.29, 0.717) is 12.0 Å². The molecule has 0 aliphatic carbocycles. The molecule has 0 aromatic heterocycles. The molecule has 2 atom stereocenters. The highest BCUT2D eigenvalue weighted by Crippen LogP contribution is 2.44. The Bertz CT molecular complexity index is 744. The Morgan fingerprint density at radius 3 is 2.43 bits per heavy atom. The van der Waals surface area contributed by atoms with Crippen molar-refractivity contribution in [3.05, 3.63) is 42.0 Å². The van der Waals surface area contributed by atoms with Crippen LogP contribution in [0.3, 0.4) is 0 Å². The van der Waals surface area contributed by atoms with E-state index in [2.05, 4.69) is 12.6 Å². The first-order valence-corrected chi connectivity index (χ1v) is 9.23. The Kier molecular flexibility index (Phi) is 4.70. The van der Waals surface area contributed by atoms with Crippen molar-refractivity contribution in [3.63, 3.8) is 0 Å². The van der Waals surface area contributed by atoms with E-state index in [4.69, 9.17) is 0 Å². The van der Waals surface area contributed by atoms with Crippen LogP contribution in [0.5, 0.6) is 0 Å². The summed E-state index contributed by atoms with van der Waals surface area (Å²) in [6.45, 7) is 12.0. The quantitative estimate of drug-likeness (QED) is 0.793. The summed E-state index contributed by atoms with van der Waals surface area (Å²) in [6, 6.07) is 9.10. The standard InChI is InChI=1S/C18H24N2O2S/c1-13(2)10-18(5)17(11-19)15(4)12-20(18)23(21,22)16-8-6-14(3)7-9-16/h6-9,13,17H,4,10,12H2,1-3,5H3/t17-,18-/m1/s1. The van der Waals surface area contributed by atoms with Crippen LogP contribution in [-0.2, 0) is 10.0 Å². The summed E-state index contributed by atoms with van der Waals surface area (Å²) in [5, 5.41) is 9.54. The smallest absolute Gasteiger partial charge is 0.207 e. The average molecular weight is 332 g/mol. The maximum absolute atomic E-state index is 13.1. The molecule has 0 amide bonds. The zero-order valence-corrected chi connectivity index (χ0v) is 15.0. The molecule has 1 aliphatic rings. The van der Waals surface area contributed by atoms with Crippen LogP contribution >= 0.6 is 0 Å². The lowest BCUT2D eigenvalue weighted by molar-refractivity contribution is 0.196. The first kappa shape index (κ1) is 17.7. The second-order valence-electron chi connectivity index (χ2n) is 7.00. The van der Waals surface area contributed by atoms with E-state index in [1.807, 2.05) is 27.7 Å². The molecule has 124 valence electrons. The normalized spacial score (nSPS) is 25.7. The van der Waals surface area contributed by atoms with Crippen molar-refractivity contribution in [2.24, 2.45) is 11.8 Å². The van der Waals surface area contributed by atoms with Gasteiger partial charge in [-0.1, -0.05) is 38.1 Å². The number of rotatable bonds is 4. The van der Waals surface area contributed by atoms with Gasteiger partial charge >= 0.3 is 0 Å². The number of nitrogens with zero attached hydrogens (tertiary/aromatic N) is 2. The molecule has 23 heavy (non-hydrogen) atoms. The van der Waals surface area contributed by atoms with Gasteiger partial charge < -0.3 is 0 Å². The Balaban J connectivity index is 2.53. The van der Waals surface area contributed by atoms with E-state index in [1.165, 1.54) is 4.31 Å². The number of aryl methyl sites for hydroxylation is 1.